The maximum Gasteiger partial charge on any atom is 0.427 e. The maximum atomic E-state index is 13.8. The number of halogens is 4. The van der Waals surface area contributed by atoms with Gasteiger partial charge in [0.05, 0.1) is 12.2 Å². The Morgan fingerprint density at radius 2 is 1.90 bits per heavy atom. The number of benzene rings is 1. The van der Waals surface area contributed by atoms with E-state index >= 15 is 0 Å². The third kappa shape index (κ3) is 6.35. The molecular formula is C23H29ClF3N5O6S. The first kappa shape index (κ1) is 30.3. The van der Waals surface area contributed by atoms with Crippen LogP contribution in [-0.4, -0.2) is 54.6 Å². The first-order valence-corrected chi connectivity index (χ1v) is 13.5. The van der Waals surface area contributed by atoms with Crippen LogP contribution in [0.3, 0.4) is 0 Å². The van der Waals surface area contributed by atoms with Crippen molar-refractivity contribution in [3.8, 4) is 5.75 Å². The summed E-state index contributed by atoms with van der Waals surface area (Å²) in [4.78, 5) is 23.8. The molecular weight excluding hydrogens is 567 g/mol. The number of anilines is 2. The molecule has 2 aromatic rings. The van der Waals surface area contributed by atoms with Crippen LogP contribution in [0.4, 0.5) is 29.3 Å². The second kappa shape index (κ2) is 10.4. The summed E-state index contributed by atoms with van der Waals surface area (Å²) in [5, 5.41) is 5.88. The zero-order chi connectivity index (χ0) is 29.6. The predicted octanol–water partition coefficient (Wildman–Crippen LogP) is 4.30. The fraction of sp³-hybridized carbons (Fsp3) is 0.522. The number of alkyl halides is 3. The zero-order valence-electron chi connectivity index (χ0n) is 21.8. The van der Waals surface area contributed by atoms with Gasteiger partial charge in [-0.1, -0.05) is 25.4 Å². The van der Waals surface area contributed by atoms with E-state index in [0.29, 0.717) is 20.4 Å². The molecule has 39 heavy (non-hydrogen) atoms. The molecule has 1 aromatic heterocycles. The number of nitrogens with one attached hydrogen (secondary N) is 1. The van der Waals surface area contributed by atoms with E-state index in [1.165, 1.54) is 29.1 Å². The molecule has 0 fully saturated rings. The Kier molecular flexibility index (Phi) is 8.10. The molecule has 3 rings (SSSR count). The van der Waals surface area contributed by atoms with Crippen molar-refractivity contribution in [1.29, 1.82) is 0 Å². The summed E-state index contributed by atoms with van der Waals surface area (Å²) in [6.07, 6.45) is -5.72. The molecule has 3 N–H and O–H groups in total. The van der Waals surface area contributed by atoms with Crippen LogP contribution >= 0.6 is 11.6 Å². The number of ether oxygens (including phenoxy) is 2. The van der Waals surface area contributed by atoms with E-state index in [0.717, 1.165) is 4.31 Å². The molecule has 2 heterocycles. The van der Waals surface area contributed by atoms with Gasteiger partial charge in [0.25, 0.3) is 10.0 Å². The highest BCUT2D eigenvalue weighted by molar-refractivity contribution is 7.93. The van der Waals surface area contributed by atoms with E-state index in [-0.39, 0.29) is 40.1 Å². The third-order valence-corrected chi connectivity index (χ3v) is 8.32. The number of nitrogens with two attached hydrogens (primary N) is 1. The van der Waals surface area contributed by atoms with Crippen molar-refractivity contribution in [2.75, 3.05) is 16.2 Å². The quantitative estimate of drug-likeness (QED) is 0.462. The van der Waals surface area contributed by atoms with Gasteiger partial charge in [-0.05, 0) is 45.4 Å². The number of carbonyl (C=O) groups excluding carboxylic acids is 2. The SMILES string of the molecule is CCn1cc(S(=O)(=O)N2C[C@H](CC(C)(C)C(N)=O)Oc3ccc(NC(=O)OC(C)(C)C(F)(F)F)cc32)c(Cl)n1. The first-order chi connectivity index (χ1) is 17.8. The number of rotatable bonds is 8. The summed E-state index contributed by atoms with van der Waals surface area (Å²) in [7, 11) is -4.37. The summed E-state index contributed by atoms with van der Waals surface area (Å²) >= 11 is 6.14. The molecule has 0 saturated heterocycles. The van der Waals surface area contributed by atoms with Crippen molar-refractivity contribution >= 4 is 45.0 Å². The Balaban J connectivity index is 2.02. The number of carbonyl (C=O) groups is 2. The highest BCUT2D eigenvalue weighted by atomic mass is 35.5. The highest BCUT2D eigenvalue weighted by Gasteiger charge is 2.51. The summed E-state index contributed by atoms with van der Waals surface area (Å²) in [5.74, 6) is -0.540. The molecule has 1 atom stereocenters. The lowest BCUT2D eigenvalue weighted by atomic mass is 9.85. The van der Waals surface area contributed by atoms with Crippen LogP contribution in [0.1, 0.15) is 41.0 Å². The van der Waals surface area contributed by atoms with Crippen molar-refractivity contribution < 1.29 is 40.7 Å². The summed E-state index contributed by atoms with van der Waals surface area (Å²) < 4.78 is 79.7. The van der Waals surface area contributed by atoms with E-state index in [9.17, 15) is 31.2 Å². The molecule has 16 heteroatoms. The van der Waals surface area contributed by atoms with Gasteiger partial charge in [-0.2, -0.15) is 18.3 Å². The monoisotopic (exact) mass is 595 g/mol. The largest absolute Gasteiger partial charge is 0.486 e. The Morgan fingerprint density at radius 1 is 1.26 bits per heavy atom. The average molecular weight is 596 g/mol. The molecule has 0 aliphatic carbocycles. The van der Waals surface area contributed by atoms with Gasteiger partial charge in [0, 0.05) is 23.8 Å². The van der Waals surface area contributed by atoms with Crippen LogP contribution in [0.2, 0.25) is 5.15 Å². The van der Waals surface area contributed by atoms with Crippen molar-refractivity contribution in [3.05, 3.63) is 29.5 Å². The summed E-state index contributed by atoms with van der Waals surface area (Å²) in [6, 6.07) is 3.85. The first-order valence-electron chi connectivity index (χ1n) is 11.7. The van der Waals surface area contributed by atoms with Crippen LogP contribution in [0.25, 0.3) is 0 Å². The Bertz CT molecular complexity index is 1380. The van der Waals surface area contributed by atoms with Gasteiger partial charge in [-0.15, -0.1) is 0 Å². The van der Waals surface area contributed by atoms with Gasteiger partial charge < -0.3 is 15.2 Å². The lowest BCUT2D eigenvalue weighted by Gasteiger charge is -2.37. The number of nitrogens with zero attached hydrogens (tertiary/aromatic N) is 3. The van der Waals surface area contributed by atoms with Crippen LogP contribution in [0, 0.1) is 5.41 Å². The second-order valence-corrected chi connectivity index (χ2v) is 12.3. The van der Waals surface area contributed by atoms with Gasteiger partial charge in [-0.3, -0.25) is 19.1 Å². The minimum absolute atomic E-state index is 0.0312. The smallest absolute Gasteiger partial charge is 0.427 e. The van der Waals surface area contributed by atoms with Crippen molar-refractivity contribution in [3.63, 3.8) is 0 Å². The number of sulfonamides is 1. The summed E-state index contributed by atoms with van der Waals surface area (Å²) in [5.41, 5.74) is 1.58. The standard InChI is InChI=1S/C23H29ClF3N5O6S/c1-6-31-12-17(18(24)30-31)39(35,36)32-11-14(10-21(2,3)19(28)33)37-16-8-7-13(9-15(16)32)29-20(34)38-22(4,5)23(25,26)27/h7-9,12,14H,6,10-11H2,1-5H3,(H2,28,33)(H,29,34)/t14-/m0/s1. The number of hydrogen-bond acceptors (Lipinski definition) is 7. The summed E-state index contributed by atoms with van der Waals surface area (Å²) in [6.45, 7) is 6.38. The van der Waals surface area contributed by atoms with Gasteiger partial charge in [0.2, 0.25) is 11.5 Å². The second-order valence-electron chi connectivity index (χ2n) is 10.1. The van der Waals surface area contributed by atoms with Crippen molar-refractivity contribution in [2.45, 2.75) is 70.4 Å². The molecule has 0 unspecified atom stereocenters. The molecule has 0 saturated carbocycles. The lowest BCUT2D eigenvalue weighted by Crippen LogP contribution is -2.47. The number of aryl methyl sites for hydroxylation is 1. The fourth-order valence-electron chi connectivity index (χ4n) is 3.66. The maximum absolute atomic E-state index is 13.8. The minimum Gasteiger partial charge on any atom is -0.486 e. The number of amides is 2. The predicted molar refractivity (Wildman–Crippen MR) is 136 cm³/mol. The number of hydrogen-bond donors (Lipinski definition) is 2. The van der Waals surface area contributed by atoms with E-state index in [4.69, 9.17) is 22.1 Å². The molecule has 1 aliphatic rings. The molecule has 1 aliphatic heterocycles. The molecule has 0 radical (unpaired) electrons. The Morgan fingerprint density at radius 3 is 2.44 bits per heavy atom. The van der Waals surface area contributed by atoms with Gasteiger partial charge in [0.1, 0.15) is 16.7 Å². The van der Waals surface area contributed by atoms with Crippen LogP contribution in [0.15, 0.2) is 29.3 Å². The lowest BCUT2D eigenvalue weighted by molar-refractivity contribution is -0.242. The van der Waals surface area contributed by atoms with Gasteiger partial charge in [0.15, 0.2) is 5.15 Å². The molecule has 216 valence electrons. The van der Waals surface area contributed by atoms with Crippen molar-refractivity contribution in [1.82, 2.24) is 9.78 Å². The Hall–Kier alpha value is -3.20. The van der Waals surface area contributed by atoms with Crippen LogP contribution < -0.4 is 20.1 Å². The number of aromatic nitrogens is 2. The molecule has 0 spiro atoms. The van der Waals surface area contributed by atoms with E-state index in [1.54, 1.807) is 20.8 Å². The van der Waals surface area contributed by atoms with E-state index < -0.39 is 45.3 Å². The zero-order valence-corrected chi connectivity index (χ0v) is 23.4. The molecule has 1 aromatic carbocycles. The minimum atomic E-state index is -4.82. The number of fused-ring (bicyclic) bond motifs is 1. The molecule has 0 bridgehead atoms. The Labute approximate surface area is 228 Å². The van der Waals surface area contributed by atoms with Gasteiger partial charge in [-0.25, -0.2) is 13.2 Å². The van der Waals surface area contributed by atoms with Crippen LogP contribution in [0.5, 0.6) is 5.75 Å². The van der Waals surface area contributed by atoms with Gasteiger partial charge >= 0.3 is 12.3 Å². The molecule has 11 nitrogen and oxygen atoms in total. The van der Waals surface area contributed by atoms with Crippen LogP contribution in [-0.2, 0) is 26.1 Å². The third-order valence-electron chi connectivity index (χ3n) is 6.15. The van der Waals surface area contributed by atoms with Crippen molar-refractivity contribution in [2.24, 2.45) is 11.1 Å². The number of primary amides is 1. The average Bonchev–Trinajstić information content (AvgIpc) is 3.18. The van der Waals surface area contributed by atoms with E-state index in [2.05, 4.69) is 15.2 Å². The van der Waals surface area contributed by atoms with E-state index in [1.807, 2.05) is 0 Å². The highest BCUT2D eigenvalue weighted by Crippen LogP contribution is 2.42. The normalized spacial score (nSPS) is 16.3. The molecule has 2 amide bonds. The topological polar surface area (TPSA) is 146 Å². The fourth-order valence-corrected chi connectivity index (χ4v) is 5.61.